The Labute approximate surface area is 152 Å². The van der Waals surface area contributed by atoms with Crippen LogP contribution in [0.3, 0.4) is 0 Å². The molecule has 2 rings (SSSR count). The zero-order valence-corrected chi connectivity index (χ0v) is 16.7. The molecule has 0 fully saturated rings. The second-order valence-corrected chi connectivity index (χ2v) is 7.65. The van der Waals surface area contributed by atoms with Gasteiger partial charge in [-0.25, -0.2) is 0 Å². The highest BCUT2D eigenvalue weighted by atomic mass is 31.1. The Bertz CT molecular complexity index is 793. The van der Waals surface area contributed by atoms with Gasteiger partial charge in [-0.2, -0.15) is 0 Å². The molecule has 0 amide bonds. The summed E-state index contributed by atoms with van der Waals surface area (Å²) in [6.45, 7) is 10.3. The van der Waals surface area contributed by atoms with Crippen LogP contribution in [-0.4, -0.2) is 5.78 Å². The van der Waals surface area contributed by atoms with Gasteiger partial charge in [0.25, 0.3) is 0 Å². The average molecular weight is 354 g/mol. The van der Waals surface area contributed by atoms with E-state index in [-0.39, 0.29) is 19.9 Å². The SMILES string of the molecule is CCCCC(P=O)c1ccccc1C(=O)c1c(C)cc(C)c(C)c1C. The van der Waals surface area contributed by atoms with E-state index in [4.69, 9.17) is 0 Å². The largest absolute Gasteiger partial charge is 0.289 e. The molecule has 0 N–H and O–H groups in total. The van der Waals surface area contributed by atoms with Crippen molar-refractivity contribution in [2.24, 2.45) is 0 Å². The van der Waals surface area contributed by atoms with Crippen molar-refractivity contribution in [3.8, 4) is 0 Å². The van der Waals surface area contributed by atoms with Crippen molar-refractivity contribution in [2.45, 2.75) is 59.5 Å². The number of ketones is 1. The molecule has 0 spiro atoms. The maximum absolute atomic E-state index is 13.4. The third-order valence-electron chi connectivity index (χ3n) is 5.11. The number of unbranched alkanes of at least 4 members (excludes halogenated alkanes) is 1. The molecule has 2 nitrogen and oxygen atoms in total. The molecular weight excluding hydrogens is 327 g/mol. The van der Waals surface area contributed by atoms with Crippen molar-refractivity contribution in [1.82, 2.24) is 0 Å². The minimum absolute atomic E-state index is 0.0406. The van der Waals surface area contributed by atoms with Crippen LogP contribution in [0.15, 0.2) is 30.3 Å². The van der Waals surface area contributed by atoms with Crippen molar-refractivity contribution >= 4 is 14.2 Å². The second-order valence-electron chi connectivity index (χ2n) is 6.82. The van der Waals surface area contributed by atoms with E-state index in [1.807, 2.05) is 38.1 Å². The first kappa shape index (κ1) is 19.5. The summed E-state index contributed by atoms with van der Waals surface area (Å²) < 4.78 is 11.7. The van der Waals surface area contributed by atoms with Crippen LogP contribution in [0, 0.1) is 27.7 Å². The van der Waals surface area contributed by atoms with Crippen molar-refractivity contribution in [2.75, 3.05) is 0 Å². The van der Waals surface area contributed by atoms with Gasteiger partial charge >= 0.3 is 0 Å². The smallest absolute Gasteiger partial charge is 0.193 e. The van der Waals surface area contributed by atoms with Crippen LogP contribution >= 0.6 is 8.46 Å². The van der Waals surface area contributed by atoms with Gasteiger partial charge in [0.05, 0.1) is 5.66 Å². The molecule has 2 aromatic carbocycles. The number of hydrogen-bond donors (Lipinski definition) is 0. The lowest BCUT2D eigenvalue weighted by molar-refractivity contribution is 0.103. The van der Waals surface area contributed by atoms with Crippen LogP contribution < -0.4 is 0 Å². The fourth-order valence-corrected chi connectivity index (χ4v) is 4.05. The fraction of sp³-hybridized carbons (Fsp3) is 0.409. The monoisotopic (exact) mass is 354 g/mol. The molecule has 25 heavy (non-hydrogen) atoms. The summed E-state index contributed by atoms with van der Waals surface area (Å²) in [6, 6.07) is 9.72. The molecule has 0 heterocycles. The molecule has 3 heteroatoms. The molecule has 0 aliphatic rings. The highest BCUT2D eigenvalue weighted by molar-refractivity contribution is 7.24. The lowest BCUT2D eigenvalue weighted by Crippen LogP contribution is -2.11. The number of carbonyl (C=O) groups excluding carboxylic acids is 1. The van der Waals surface area contributed by atoms with Gasteiger partial charge in [0.2, 0.25) is 0 Å². The van der Waals surface area contributed by atoms with Crippen LogP contribution in [0.4, 0.5) is 0 Å². The van der Waals surface area contributed by atoms with Crippen LogP contribution in [0.1, 0.15) is 75.6 Å². The lowest BCUT2D eigenvalue weighted by Gasteiger charge is -2.18. The van der Waals surface area contributed by atoms with E-state index in [0.29, 0.717) is 5.56 Å². The first-order valence-electron chi connectivity index (χ1n) is 8.95. The molecule has 0 aliphatic carbocycles. The number of rotatable bonds is 7. The molecule has 2 aromatic rings. The molecule has 1 atom stereocenters. The quantitative estimate of drug-likeness (QED) is 0.411. The van der Waals surface area contributed by atoms with Crippen LogP contribution in [-0.2, 0) is 4.57 Å². The van der Waals surface area contributed by atoms with Crippen molar-refractivity contribution < 1.29 is 9.36 Å². The third kappa shape index (κ3) is 4.07. The zero-order valence-electron chi connectivity index (χ0n) is 15.8. The van der Waals surface area contributed by atoms with Gasteiger partial charge < -0.3 is 0 Å². The summed E-state index contributed by atoms with van der Waals surface area (Å²) in [6.07, 6.45) is 2.89. The van der Waals surface area contributed by atoms with E-state index in [0.717, 1.165) is 47.1 Å². The molecule has 132 valence electrons. The Morgan fingerprint density at radius 2 is 1.72 bits per heavy atom. The fourth-order valence-electron chi connectivity index (χ4n) is 3.43. The van der Waals surface area contributed by atoms with Gasteiger partial charge in [-0.3, -0.25) is 9.36 Å². The Kier molecular flexibility index (Phi) is 6.67. The predicted molar refractivity (Wildman–Crippen MR) is 105 cm³/mol. The first-order valence-corrected chi connectivity index (χ1v) is 9.84. The zero-order chi connectivity index (χ0) is 18.6. The van der Waals surface area contributed by atoms with Crippen molar-refractivity contribution in [3.05, 3.63) is 69.3 Å². The molecule has 1 unspecified atom stereocenters. The van der Waals surface area contributed by atoms with Gasteiger partial charge in [0, 0.05) is 11.1 Å². The molecule has 0 bridgehead atoms. The average Bonchev–Trinajstić information content (AvgIpc) is 2.60. The molecular formula is C22H27O2P. The maximum Gasteiger partial charge on any atom is 0.193 e. The standard InChI is InChI=1S/C22H27O2P/c1-6-7-12-20(25-24)18-10-8-9-11-19(18)22(23)21-15(3)13-14(2)16(4)17(21)5/h8-11,13,20H,6-7,12H2,1-5H3. The summed E-state index contributed by atoms with van der Waals surface area (Å²) in [4.78, 5) is 13.4. The predicted octanol–water partition coefficient (Wildman–Crippen LogP) is 6.67. The number of aryl methyl sites for hydroxylation is 2. The Balaban J connectivity index is 2.55. The van der Waals surface area contributed by atoms with E-state index >= 15 is 0 Å². The second kappa shape index (κ2) is 8.54. The first-order chi connectivity index (χ1) is 11.9. The molecule has 0 saturated carbocycles. The van der Waals surface area contributed by atoms with Gasteiger partial charge in [-0.05, 0) is 61.9 Å². The van der Waals surface area contributed by atoms with Crippen molar-refractivity contribution in [3.63, 3.8) is 0 Å². The summed E-state index contributed by atoms with van der Waals surface area (Å²) >= 11 is 0. The minimum Gasteiger partial charge on any atom is -0.289 e. The van der Waals surface area contributed by atoms with E-state index < -0.39 is 0 Å². The highest BCUT2D eigenvalue weighted by Gasteiger charge is 2.23. The van der Waals surface area contributed by atoms with Crippen LogP contribution in [0.5, 0.6) is 0 Å². The summed E-state index contributed by atoms with van der Waals surface area (Å²) in [5.41, 5.74) is 6.66. The summed E-state index contributed by atoms with van der Waals surface area (Å²) in [7, 11) is 0.0862. The Hall–Kier alpha value is -1.79. The normalized spacial score (nSPS) is 12.4. The number of hydrogen-bond acceptors (Lipinski definition) is 2. The Morgan fingerprint density at radius 1 is 1.04 bits per heavy atom. The maximum atomic E-state index is 13.4. The minimum atomic E-state index is -0.118. The summed E-state index contributed by atoms with van der Waals surface area (Å²) in [5.74, 6) is 0.0406. The van der Waals surface area contributed by atoms with Gasteiger partial charge in [-0.1, -0.05) is 50.1 Å². The van der Waals surface area contributed by atoms with E-state index in [1.165, 1.54) is 5.56 Å². The van der Waals surface area contributed by atoms with Crippen LogP contribution in [0.25, 0.3) is 0 Å². The molecule has 0 aliphatic heterocycles. The van der Waals surface area contributed by atoms with Gasteiger partial charge in [0.1, 0.15) is 0 Å². The third-order valence-corrected chi connectivity index (χ3v) is 5.90. The van der Waals surface area contributed by atoms with Crippen LogP contribution in [0.2, 0.25) is 0 Å². The molecule has 0 aromatic heterocycles. The van der Waals surface area contributed by atoms with Gasteiger partial charge in [0.15, 0.2) is 14.2 Å². The van der Waals surface area contributed by atoms with E-state index in [1.54, 1.807) is 0 Å². The Morgan fingerprint density at radius 3 is 2.36 bits per heavy atom. The number of carbonyl (C=O) groups is 1. The molecule has 0 radical (unpaired) electrons. The highest BCUT2D eigenvalue weighted by Crippen LogP contribution is 2.36. The van der Waals surface area contributed by atoms with E-state index in [9.17, 15) is 9.36 Å². The van der Waals surface area contributed by atoms with E-state index in [2.05, 4.69) is 26.8 Å². The molecule has 0 saturated heterocycles. The lowest BCUT2D eigenvalue weighted by atomic mass is 9.87. The van der Waals surface area contributed by atoms with Gasteiger partial charge in [-0.15, -0.1) is 0 Å². The number of benzene rings is 2. The summed E-state index contributed by atoms with van der Waals surface area (Å²) in [5, 5.41) is 0. The topological polar surface area (TPSA) is 34.1 Å². The van der Waals surface area contributed by atoms with Crippen molar-refractivity contribution in [1.29, 1.82) is 0 Å².